The number of nitrogens with zero attached hydrogens (tertiary/aromatic N) is 1. The highest BCUT2D eigenvalue weighted by Crippen LogP contribution is 2.11. The average molecular weight is 237 g/mol. The van der Waals surface area contributed by atoms with E-state index in [9.17, 15) is 4.39 Å². The third-order valence-corrected chi connectivity index (χ3v) is 2.34. The Balaban J connectivity index is 1.97. The molecule has 1 heterocycles. The third kappa shape index (κ3) is 2.94. The van der Waals surface area contributed by atoms with Crippen molar-refractivity contribution >= 4 is 17.4 Å². The van der Waals surface area contributed by atoms with E-state index in [1.54, 1.807) is 30.5 Å². The van der Waals surface area contributed by atoms with Crippen molar-refractivity contribution in [3.05, 3.63) is 59.0 Å². The second-order valence-electron chi connectivity index (χ2n) is 3.34. The van der Waals surface area contributed by atoms with E-state index in [2.05, 4.69) is 10.3 Å². The zero-order valence-corrected chi connectivity index (χ0v) is 9.21. The molecule has 1 aromatic carbocycles. The molecule has 0 saturated heterocycles. The smallest absolute Gasteiger partial charge is 0.126 e. The zero-order chi connectivity index (χ0) is 11.4. The van der Waals surface area contributed by atoms with Gasteiger partial charge in [0.05, 0.1) is 5.02 Å². The number of halogens is 2. The SMILES string of the molecule is Fc1ccc(CNc2ccc(Cl)cn2)cc1. The summed E-state index contributed by atoms with van der Waals surface area (Å²) in [4.78, 5) is 4.09. The van der Waals surface area contributed by atoms with Crippen molar-refractivity contribution in [2.24, 2.45) is 0 Å². The number of pyridine rings is 1. The van der Waals surface area contributed by atoms with E-state index in [-0.39, 0.29) is 5.82 Å². The van der Waals surface area contributed by atoms with Gasteiger partial charge < -0.3 is 5.32 Å². The van der Waals surface area contributed by atoms with Crippen LogP contribution in [0.1, 0.15) is 5.56 Å². The fourth-order valence-electron chi connectivity index (χ4n) is 1.28. The summed E-state index contributed by atoms with van der Waals surface area (Å²) in [5.74, 6) is 0.516. The molecule has 2 nitrogen and oxygen atoms in total. The second kappa shape index (κ2) is 4.94. The number of aromatic nitrogens is 1. The Morgan fingerprint density at radius 1 is 1.12 bits per heavy atom. The van der Waals surface area contributed by atoms with Crippen molar-refractivity contribution in [2.45, 2.75) is 6.54 Å². The van der Waals surface area contributed by atoms with Crippen LogP contribution >= 0.6 is 11.6 Å². The lowest BCUT2D eigenvalue weighted by molar-refractivity contribution is 0.627. The average Bonchev–Trinajstić information content (AvgIpc) is 2.30. The van der Waals surface area contributed by atoms with Gasteiger partial charge in [-0.05, 0) is 29.8 Å². The largest absolute Gasteiger partial charge is 0.366 e. The molecule has 0 amide bonds. The fourth-order valence-corrected chi connectivity index (χ4v) is 1.39. The standard InChI is InChI=1S/C12H10ClFN2/c13-10-3-6-12(16-8-10)15-7-9-1-4-11(14)5-2-9/h1-6,8H,7H2,(H,15,16). The van der Waals surface area contributed by atoms with Gasteiger partial charge in [-0.1, -0.05) is 23.7 Å². The van der Waals surface area contributed by atoms with Gasteiger partial charge in [-0.25, -0.2) is 9.37 Å². The quantitative estimate of drug-likeness (QED) is 0.883. The molecule has 0 saturated carbocycles. The van der Waals surface area contributed by atoms with Gasteiger partial charge in [0.1, 0.15) is 11.6 Å². The van der Waals surface area contributed by atoms with Gasteiger partial charge in [0, 0.05) is 12.7 Å². The Kier molecular flexibility index (Phi) is 3.37. The highest BCUT2D eigenvalue weighted by atomic mass is 35.5. The minimum Gasteiger partial charge on any atom is -0.366 e. The van der Waals surface area contributed by atoms with Gasteiger partial charge in [-0.2, -0.15) is 0 Å². The van der Waals surface area contributed by atoms with Crippen molar-refractivity contribution in [3.8, 4) is 0 Å². The molecular weight excluding hydrogens is 227 g/mol. The molecule has 0 aliphatic heterocycles. The summed E-state index contributed by atoms with van der Waals surface area (Å²) in [5.41, 5.74) is 0.998. The molecule has 0 spiro atoms. The van der Waals surface area contributed by atoms with Gasteiger partial charge in [0.25, 0.3) is 0 Å². The van der Waals surface area contributed by atoms with E-state index in [1.807, 2.05) is 0 Å². The van der Waals surface area contributed by atoms with Crippen LogP contribution in [0.15, 0.2) is 42.6 Å². The summed E-state index contributed by atoms with van der Waals surface area (Å²) in [7, 11) is 0. The van der Waals surface area contributed by atoms with E-state index < -0.39 is 0 Å². The van der Waals surface area contributed by atoms with Crippen molar-refractivity contribution in [1.82, 2.24) is 4.98 Å². The molecule has 0 unspecified atom stereocenters. The number of hydrogen-bond acceptors (Lipinski definition) is 2. The maximum atomic E-state index is 12.6. The molecule has 1 aromatic heterocycles. The maximum Gasteiger partial charge on any atom is 0.126 e. The summed E-state index contributed by atoms with van der Waals surface area (Å²) in [6.07, 6.45) is 1.58. The summed E-state index contributed by atoms with van der Waals surface area (Å²) >= 11 is 5.71. The molecule has 82 valence electrons. The minimum absolute atomic E-state index is 0.228. The van der Waals surface area contributed by atoms with Crippen molar-refractivity contribution < 1.29 is 4.39 Å². The highest BCUT2D eigenvalue weighted by molar-refractivity contribution is 6.30. The van der Waals surface area contributed by atoms with Crippen LogP contribution in [-0.2, 0) is 6.54 Å². The van der Waals surface area contributed by atoms with Crippen LogP contribution in [0.2, 0.25) is 5.02 Å². The lowest BCUT2D eigenvalue weighted by Gasteiger charge is -2.05. The minimum atomic E-state index is -0.228. The van der Waals surface area contributed by atoms with Crippen LogP contribution in [0.25, 0.3) is 0 Å². The van der Waals surface area contributed by atoms with Crippen molar-refractivity contribution in [1.29, 1.82) is 0 Å². The van der Waals surface area contributed by atoms with Gasteiger partial charge in [-0.3, -0.25) is 0 Å². The molecule has 1 N–H and O–H groups in total. The Morgan fingerprint density at radius 2 is 1.88 bits per heavy atom. The monoisotopic (exact) mass is 236 g/mol. The lowest BCUT2D eigenvalue weighted by atomic mass is 10.2. The van der Waals surface area contributed by atoms with E-state index >= 15 is 0 Å². The molecule has 0 radical (unpaired) electrons. The highest BCUT2D eigenvalue weighted by Gasteiger charge is 1.96. The summed E-state index contributed by atoms with van der Waals surface area (Å²) in [6, 6.07) is 9.91. The Bertz CT molecular complexity index is 408. The number of hydrogen-bond donors (Lipinski definition) is 1. The Hall–Kier alpha value is -1.61. The maximum absolute atomic E-state index is 12.6. The Labute approximate surface area is 98.1 Å². The van der Waals surface area contributed by atoms with Gasteiger partial charge in [-0.15, -0.1) is 0 Å². The first-order chi connectivity index (χ1) is 7.74. The molecule has 0 bridgehead atoms. The summed E-state index contributed by atoms with van der Waals surface area (Å²) in [5, 5.41) is 3.72. The van der Waals surface area contributed by atoms with E-state index in [1.165, 1.54) is 12.1 Å². The van der Waals surface area contributed by atoms with Gasteiger partial charge in [0.2, 0.25) is 0 Å². The normalized spacial score (nSPS) is 10.1. The van der Waals surface area contributed by atoms with Gasteiger partial charge in [0.15, 0.2) is 0 Å². The molecule has 0 atom stereocenters. The molecule has 4 heteroatoms. The molecule has 0 fully saturated rings. The first kappa shape index (κ1) is 10.9. The topological polar surface area (TPSA) is 24.9 Å². The predicted molar refractivity (Wildman–Crippen MR) is 63.0 cm³/mol. The molecule has 2 aromatic rings. The Morgan fingerprint density at radius 3 is 2.50 bits per heavy atom. The molecule has 2 rings (SSSR count). The van der Waals surface area contributed by atoms with Crippen molar-refractivity contribution in [2.75, 3.05) is 5.32 Å². The zero-order valence-electron chi connectivity index (χ0n) is 8.45. The molecule has 16 heavy (non-hydrogen) atoms. The molecule has 0 aliphatic rings. The van der Waals surface area contributed by atoms with Crippen molar-refractivity contribution in [3.63, 3.8) is 0 Å². The van der Waals surface area contributed by atoms with E-state index in [0.717, 1.165) is 11.4 Å². The first-order valence-corrected chi connectivity index (χ1v) is 5.22. The third-order valence-electron chi connectivity index (χ3n) is 2.11. The van der Waals surface area contributed by atoms with Crippen LogP contribution < -0.4 is 5.32 Å². The van der Waals surface area contributed by atoms with Crippen LogP contribution in [0.3, 0.4) is 0 Å². The fraction of sp³-hybridized carbons (Fsp3) is 0.0833. The predicted octanol–water partition coefficient (Wildman–Crippen LogP) is 3.49. The number of anilines is 1. The van der Waals surface area contributed by atoms with Crippen LogP contribution in [0.4, 0.5) is 10.2 Å². The molecule has 0 aliphatic carbocycles. The summed E-state index contributed by atoms with van der Waals surface area (Å²) in [6.45, 7) is 0.606. The van der Waals surface area contributed by atoms with E-state index in [4.69, 9.17) is 11.6 Å². The van der Waals surface area contributed by atoms with Gasteiger partial charge >= 0.3 is 0 Å². The lowest BCUT2D eigenvalue weighted by Crippen LogP contribution is -2.00. The first-order valence-electron chi connectivity index (χ1n) is 4.84. The molecular formula is C12H10ClFN2. The number of nitrogens with one attached hydrogen (secondary N) is 1. The summed E-state index contributed by atoms with van der Waals surface area (Å²) < 4.78 is 12.6. The number of benzene rings is 1. The van der Waals surface area contributed by atoms with Crippen LogP contribution in [0.5, 0.6) is 0 Å². The number of rotatable bonds is 3. The second-order valence-corrected chi connectivity index (χ2v) is 3.78. The van der Waals surface area contributed by atoms with E-state index in [0.29, 0.717) is 11.6 Å². The van der Waals surface area contributed by atoms with Crippen LogP contribution in [-0.4, -0.2) is 4.98 Å². The van der Waals surface area contributed by atoms with Crippen LogP contribution in [0, 0.1) is 5.82 Å².